The molecular formula is C25H23N3O7S. The first kappa shape index (κ1) is 23.5. The van der Waals surface area contributed by atoms with Crippen LogP contribution in [0.3, 0.4) is 0 Å². The number of imidazole rings is 1. The third-order valence-electron chi connectivity index (χ3n) is 5.64. The van der Waals surface area contributed by atoms with Gasteiger partial charge in [-0.1, -0.05) is 12.1 Å². The SMILES string of the molecule is O=C(OCCCn1c(=O)[nH]c2ccccc21)c1ccc(NS(=O)(=O)c2ccc3c(c2)OCCO3)cc1. The quantitative estimate of drug-likeness (QED) is 0.276. The minimum absolute atomic E-state index is 0.0320. The van der Waals surface area contributed by atoms with Gasteiger partial charge in [-0.05, 0) is 55.0 Å². The second kappa shape index (κ2) is 9.78. The van der Waals surface area contributed by atoms with Crippen molar-refractivity contribution in [2.45, 2.75) is 17.9 Å². The number of sulfonamides is 1. The lowest BCUT2D eigenvalue weighted by Gasteiger charge is -2.19. The molecule has 0 fully saturated rings. The van der Waals surface area contributed by atoms with E-state index in [1.807, 2.05) is 24.3 Å². The van der Waals surface area contributed by atoms with E-state index in [4.69, 9.17) is 14.2 Å². The molecule has 0 spiro atoms. The number of ether oxygens (including phenoxy) is 3. The third-order valence-corrected chi connectivity index (χ3v) is 7.02. The molecule has 0 atom stereocenters. The van der Waals surface area contributed by atoms with Gasteiger partial charge in [0.2, 0.25) is 0 Å². The Morgan fingerprint density at radius 1 is 1.00 bits per heavy atom. The number of hydrogen-bond acceptors (Lipinski definition) is 7. The van der Waals surface area contributed by atoms with Crippen molar-refractivity contribution in [1.29, 1.82) is 0 Å². The van der Waals surface area contributed by atoms with Crippen LogP contribution in [0, 0.1) is 0 Å². The van der Waals surface area contributed by atoms with Crippen molar-refractivity contribution in [2.24, 2.45) is 0 Å². The largest absolute Gasteiger partial charge is 0.486 e. The number of aromatic amines is 1. The summed E-state index contributed by atoms with van der Waals surface area (Å²) in [5.74, 6) is 0.330. The van der Waals surface area contributed by atoms with Crippen molar-refractivity contribution in [2.75, 3.05) is 24.5 Å². The summed E-state index contributed by atoms with van der Waals surface area (Å²) in [6.07, 6.45) is 0.459. The van der Waals surface area contributed by atoms with E-state index in [0.29, 0.717) is 43.4 Å². The number of carbonyl (C=O) groups is 1. The molecule has 1 aliphatic heterocycles. The van der Waals surface area contributed by atoms with E-state index in [0.717, 1.165) is 11.0 Å². The van der Waals surface area contributed by atoms with Crippen LogP contribution in [0.5, 0.6) is 11.5 Å². The number of anilines is 1. The summed E-state index contributed by atoms with van der Waals surface area (Å²) in [4.78, 5) is 27.3. The van der Waals surface area contributed by atoms with Gasteiger partial charge in [-0.15, -0.1) is 0 Å². The molecule has 0 bridgehead atoms. The maximum Gasteiger partial charge on any atom is 0.338 e. The minimum Gasteiger partial charge on any atom is -0.486 e. The van der Waals surface area contributed by atoms with Gasteiger partial charge in [0, 0.05) is 18.3 Å². The van der Waals surface area contributed by atoms with Gasteiger partial charge in [0.15, 0.2) is 11.5 Å². The molecule has 11 heteroatoms. The highest BCUT2D eigenvalue weighted by atomic mass is 32.2. The highest BCUT2D eigenvalue weighted by Gasteiger charge is 2.20. The highest BCUT2D eigenvalue weighted by molar-refractivity contribution is 7.92. The summed E-state index contributed by atoms with van der Waals surface area (Å²) in [6.45, 7) is 1.29. The van der Waals surface area contributed by atoms with Crippen LogP contribution in [0.1, 0.15) is 16.8 Å². The summed E-state index contributed by atoms with van der Waals surface area (Å²) in [5.41, 5.74) is 1.91. The standard InChI is InChI=1S/C25H23N3O7S/c29-24(35-13-3-12-28-21-5-2-1-4-20(21)26-25(28)30)17-6-8-18(9-7-17)27-36(31,32)19-10-11-22-23(16-19)34-15-14-33-22/h1-2,4-11,16,27H,3,12-15H2,(H,26,30). The molecule has 0 saturated heterocycles. The smallest absolute Gasteiger partial charge is 0.338 e. The molecule has 186 valence electrons. The second-order valence-electron chi connectivity index (χ2n) is 8.08. The predicted molar refractivity (Wildman–Crippen MR) is 132 cm³/mol. The van der Waals surface area contributed by atoms with Crippen LogP contribution in [-0.4, -0.2) is 43.8 Å². The number of esters is 1. The lowest BCUT2D eigenvalue weighted by molar-refractivity contribution is 0.0496. The Labute approximate surface area is 206 Å². The van der Waals surface area contributed by atoms with Gasteiger partial charge in [0.05, 0.1) is 28.1 Å². The molecule has 0 unspecified atom stereocenters. The zero-order chi connectivity index (χ0) is 25.1. The number of rotatable bonds is 8. The fourth-order valence-electron chi connectivity index (χ4n) is 3.88. The lowest BCUT2D eigenvalue weighted by atomic mass is 10.2. The van der Waals surface area contributed by atoms with E-state index in [9.17, 15) is 18.0 Å². The number of nitrogens with one attached hydrogen (secondary N) is 2. The van der Waals surface area contributed by atoms with Gasteiger partial charge in [-0.3, -0.25) is 9.29 Å². The number of aromatic nitrogens is 2. The topological polar surface area (TPSA) is 129 Å². The van der Waals surface area contributed by atoms with Gasteiger partial charge in [-0.2, -0.15) is 0 Å². The summed E-state index contributed by atoms with van der Waals surface area (Å²) in [6, 6.07) is 17.7. The molecule has 5 rings (SSSR count). The van der Waals surface area contributed by atoms with Gasteiger partial charge < -0.3 is 19.2 Å². The Balaban J connectivity index is 1.16. The number of para-hydroxylation sites is 2. The molecule has 2 heterocycles. The number of hydrogen-bond donors (Lipinski definition) is 2. The zero-order valence-corrected chi connectivity index (χ0v) is 19.9. The Morgan fingerprint density at radius 2 is 1.75 bits per heavy atom. The molecule has 3 aromatic carbocycles. The van der Waals surface area contributed by atoms with E-state index in [1.54, 1.807) is 10.6 Å². The van der Waals surface area contributed by atoms with Gasteiger partial charge >= 0.3 is 11.7 Å². The van der Waals surface area contributed by atoms with Crippen molar-refractivity contribution in [3.8, 4) is 11.5 Å². The fraction of sp³-hybridized carbons (Fsp3) is 0.200. The highest BCUT2D eigenvalue weighted by Crippen LogP contribution is 2.32. The van der Waals surface area contributed by atoms with Crippen molar-refractivity contribution >= 4 is 32.7 Å². The first-order valence-corrected chi connectivity index (χ1v) is 12.8. The van der Waals surface area contributed by atoms with Crippen LogP contribution in [-0.2, 0) is 21.3 Å². The Kier molecular flexibility index (Phi) is 6.38. The van der Waals surface area contributed by atoms with E-state index < -0.39 is 16.0 Å². The number of carbonyl (C=O) groups excluding carboxylic acids is 1. The first-order valence-electron chi connectivity index (χ1n) is 11.3. The van der Waals surface area contributed by atoms with E-state index in [1.165, 1.54) is 36.4 Å². The van der Waals surface area contributed by atoms with Crippen molar-refractivity contribution in [1.82, 2.24) is 9.55 Å². The second-order valence-corrected chi connectivity index (χ2v) is 9.76. The fourth-order valence-corrected chi connectivity index (χ4v) is 4.95. The van der Waals surface area contributed by atoms with Crippen molar-refractivity contribution < 1.29 is 27.4 Å². The molecule has 1 aromatic heterocycles. The van der Waals surface area contributed by atoms with Crippen LogP contribution >= 0.6 is 0 Å². The Hall–Kier alpha value is -4.25. The van der Waals surface area contributed by atoms with Crippen molar-refractivity contribution in [3.05, 3.63) is 82.8 Å². The number of nitrogens with zero attached hydrogens (tertiary/aromatic N) is 1. The maximum atomic E-state index is 12.8. The molecule has 10 nitrogen and oxygen atoms in total. The van der Waals surface area contributed by atoms with Crippen LogP contribution in [0.2, 0.25) is 0 Å². The molecule has 1 aliphatic rings. The molecule has 0 amide bonds. The predicted octanol–water partition coefficient (Wildman–Crippen LogP) is 3.15. The lowest BCUT2D eigenvalue weighted by Crippen LogP contribution is -2.18. The summed E-state index contributed by atoms with van der Waals surface area (Å²) < 4.78 is 45.8. The minimum atomic E-state index is -3.87. The Bertz CT molecular complexity index is 1570. The summed E-state index contributed by atoms with van der Waals surface area (Å²) in [7, 11) is -3.87. The third kappa shape index (κ3) is 4.91. The first-order chi connectivity index (χ1) is 17.4. The van der Waals surface area contributed by atoms with Crippen molar-refractivity contribution in [3.63, 3.8) is 0 Å². The average Bonchev–Trinajstić information content (AvgIpc) is 3.21. The number of benzene rings is 3. The van der Waals surface area contributed by atoms with Gasteiger partial charge in [-0.25, -0.2) is 18.0 Å². The number of fused-ring (bicyclic) bond motifs is 2. The molecule has 0 radical (unpaired) electrons. The van der Waals surface area contributed by atoms with E-state index >= 15 is 0 Å². The molecule has 4 aromatic rings. The van der Waals surface area contributed by atoms with Crippen LogP contribution < -0.4 is 19.9 Å². The van der Waals surface area contributed by atoms with Gasteiger partial charge in [0.1, 0.15) is 13.2 Å². The number of aryl methyl sites for hydroxylation is 1. The molecule has 0 aliphatic carbocycles. The molecule has 36 heavy (non-hydrogen) atoms. The molecule has 2 N–H and O–H groups in total. The molecular weight excluding hydrogens is 486 g/mol. The van der Waals surface area contributed by atoms with Crippen LogP contribution in [0.4, 0.5) is 5.69 Å². The van der Waals surface area contributed by atoms with E-state index in [2.05, 4.69) is 9.71 Å². The molecule has 0 saturated carbocycles. The van der Waals surface area contributed by atoms with Gasteiger partial charge in [0.25, 0.3) is 10.0 Å². The monoisotopic (exact) mass is 509 g/mol. The zero-order valence-electron chi connectivity index (χ0n) is 19.1. The summed E-state index contributed by atoms with van der Waals surface area (Å²) in [5, 5.41) is 0. The normalized spacial score (nSPS) is 12.9. The maximum absolute atomic E-state index is 12.8. The van der Waals surface area contributed by atoms with Crippen LogP contribution in [0.15, 0.2) is 76.4 Å². The number of H-pyrrole nitrogens is 1. The van der Waals surface area contributed by atoms with Crippen LogP contribution in [0.25, 0.3) is 11.0 Å². The van der Waals surface area contributed by atoms with E-state index in [-0.39, 0.29) is 22.8 Å². The average molecular weight is 510 g/mol. The Morgan fingerprint density at radius 3 is 2.56 bits per heavy atom. The summed E-state index contributed by atoms with van der Waals surface area (Å²) >= 11 is 0.